The Kier molecular flexibility index (Phi) is 4.57. The minimum Gasteiger partial charge on any atom is -0.463 e. The van der Waals surface area contributed by atoms with Gasteiger partial charge in [0.25, 0.3) is 0 Å². The molecule has 1 aromatic carbocycles. The number of aryl methyl sites for hydroxylation is 1. The summed E-state index contributed by atoms with van der Waals surface area (Å²) in [6.07, 6.45) is 2.99. The summed E-state index contributed by atoms with van der Waals surface area (Å²) in [5.74, 6) is 2.21. The van der Waals surface area contributed by atoms with Gasteiger partial charge in [-0.15, -0.1) is 0 Å². The SMILES string of the molecule is CCOC(=O)c1ccoc1-c1ccc2ncnc(N(C)c3ccc(C)o3)c2c1. The van der Waals surface area contributed by atoms with E-state index in [1.165, 1.54) is 12.6 Å². The van der Waals surface area contributed by atoms with Gasteiger partial charge in [-0.2, -0.15) is 0 Å². The molecule has 0 atom stereocenters. The second-order valence-electron chi connectivity index (χ2n) is 6.26. The number of anilines is 2. The summed E-state index contributed by atoms with van der Waals surface area (Å²) in [6.45, 7) is 3.96. The van der Waals surface area contributed by atoms with Crippen LogP contribution in [0.2, 0.25) is 0 Å². The van der Waals surface area contributed by atoms with Gasteiger partial charge in [0.15, 0.2) is 0 Å². The largest absolute Gasteiger partial charge is 0.463 e. The van der Waals surface area contributed by atoms with E-state index < -0.39 is 5.97 Å². The Balaban J connectivity index is 1.82. The molecule has 3 aromatic heterocycles. The minimum absolute atomic E-state index is 0.298. The minimum atomic E-state index is -0.418. The number of aromatic nitrogens is 2. The van der Waals surface area contributed by atoms with Crippen LogP contribution in [0.4, 0.5) is 11.7 Å². The monoisotopic (exact) mass is 377 g/mol. The number of carbonyl (C=O) groups is 1. The average molecular weight is 377 g/mol. The van der Waals surface area contributed by atoms with E-state index in [1.54, 1.807) is 13.0 Å². The molecule has 0 saturated carbocycles. The number of fused-ring (bicyclic) bond motifs is 1. The van der Waals surface area contributed by atoms with Crippen LogP contribution < -0.4 is 4.90 Å². The van der Waals surface area contributed by atoms with Gasteiger partial charge in [-0.05, 0) is 44.2 Å². The summed E-state index contributed by atoms with van der Waals surface area (Å²) >= 11 is 0. The Labute approximate surface area is 161 Å². The van der Waals surface area contributed by atoms with Crippen molar-refractivity contribution in [1.29, 1.82) is 0 Å². The van der Waals surface area contributed by atoms with Crippen molar-refractivity contribution >= 4 is 28.6 Å². The maximum absolute atomic E-state index is 12.2. The number of benzene rings is 1. The fourth-order valence-electron chi connectivity index (χ4n) is 3.06. The molecule has 0 bridgehead atoms. The highest BCUT2D eigenvalue weighted by Crippen LogP contribution is 2.33. The van der Waals surface area contributed by atoms with Gasteiger partial charge in [-0.3, -0.25) is 4.90 Å². The second kappa shape index (κ2) is 7.19. The third-order valence-corrected chi connectivity index (χ3v) is 4.41. The molecule has 0 aliphatic heterocycles. The molecule has 4 aromatic rings. The summed E-state index contributed by atoms with van der Waals surface area (Å²) in [5.41, 5.74) is 1.89. The zero-order valence-corrected chi connectivity index (χ0v) is 15.8. The van der Waals surface area contributed by atoms with Crippen molar-refractivity contribution < 1.29 is 18.4 Å². The van der Waals surface area contributed by atoms with Crippen LogP contribution in [0.1, 0.15) is 23.0 Å². The smallest absolute Gasteiger partial charge is 0.342 e. The molecule has 0 N–H and O–H groups in total. The Morgan fingerprint density at radius 3 is 2.79 bits per heavy atom. The van der Waals surface area contributed by atoms with E-state index in [2.05, 4.69) is 9.97 Å². The van der Waals surface area contributed by atoms with E-state index in [-0.39, 0.29) is 0 Å². The lowest BCUT2D eigenvalue weighted by atomic mass is 10.1. The molecule has 0 spiro atoms. The van der Waals surface area contributed by atoms with E-state index in [0.29, 0.717) is 29.6 Å². The summed E-state index contributed by atoms with van der Waals surface area (Å²) in [7, 11) is 1.88. The van der Waals surface area contributed by atoms with Crippen LogP contribution in [0.15, 0.2) is 57.8 Å². The zero-order chi connectivity index (χ0) is 19.7. The molecule has 0 aliphatic rings. The first-order valence-corrected chi connectivity index (χ1v) is 8.88. The number of rotatable bonds is 5. The number of esters is 1. The number of carbonyl (C=O) groups excluding carboxylic acids is 1. The first kappa shape index (κ1) is 17.8. The van der Waals surface area contributed by atoms with Gasteiger partial charge >= 0.3 is 5.97 Å². The molecule has 7 nitrogen and oxygen atoms in total. The van der Waals surface area contributed by atoms with Crippen LogP contribution in [0.5, 0.6) is 0 Å². The first-order valence-electron chi connectivity index (χ1n) is 8.88. The van der Waals surface area contributed by atoms with Gasteiger partial charge in [0.1, 0.15) is 29.2 Å². The molecule has 7 heteroatoms. The highest BCUT2D eigenvalue weighted by molar-refractivity contribution is 5.98. The van der Waals surface area contributed by atoms with Crippen molar-refractivity contribution in [2.24, 2.45) is 0 Å². The molecule has 0 unspecified atom stereocenters. The Morgan fingerprint density at radius 1 is 1.18 bits per heavy atom. The van der Waals surface area contributed by atoms with Crippen molar-refractivity contribution in [3.05, 3.63) is 60.3 Å². The zero-order valence-electron chi connectivity index (χ0n) is 15.8. The van der Waals surface area contributed by atoms with Crippen molar-refractivity contribution in [2.75, 3.05) is 18.6 Å². The molecule has 4 rings (SSSR count). The van der Waals surface area contributed by atoms with E-state index >= 15 is 0 Å². The van der Waals surface area contributed by atoms with E-state index in [4.69, 9.17) is 13.6 Å². The van der Waals surface area contributed by atoms with Gasteiger partial charge in [0.2, 0.25) is 5.88 Å². The lowest BCUT2D eigenvalue weighted by molar-refractivity contribution is 0.0526. The Hall–Kier alpha value is -3.61. The normalized spacial score (nSPS) is 11.0. The molecule has 0 fully saturated rings. The predicted octanol–water partition coefficient (Wildman–Crippen LogP) is 4.74. The van der Waals surface area contributed by atoms with Crippen LogP contribution in [0, 0.1) is 6.92 Å². The molecule has 3 heterocycles. The maximum atomic E-state index is 12.2. The first-order chi connectivity index (χ1) is 13.6. The lowest BCUT2D eigenvalue weighted by Crippen LogP contribution is -2.11. The van der Waals surface area contributed by atoms with E-state index in [1.807, 2.05) is 49.2 Å². The predicted molar refractivity (Wildman–Crippen MR) is 105 cm³/mol. The number of nitrogens with zero attached hydrogens (tertiary/aromatic N) is 3. The van der Waals surface area contributed by atoms with Crippen LogP contribution in [-0.4, -0.2) is 29.6 Å². The number of furan rings is 2. The Morgan fingerprint density at radius 2 is 2.04 bits per heavy atom. The van der Waals surface area contributed by atoms with Crippen molar-refractivity contribution in [3.63, 3.8) is 0 Å². The molecular formula is C21H19N3O4. The third-order valence-electron chi connectivity index (χ3n) is 4.41. The van der Waals surface area contributed by atoms with Crippen LogP contribution in [0.25, 0.3) is 22.2 Å². The van der Waals surface area contributed by atoms with E-state index in [9.17, 15) is 4.79 Å². The maximum Gasteiger partial charge on any atom is 0.342 e. The average Bonchev–Trinajstić information content (AvgIpc) is 3.36. The highest BCUT2D eigenvalue weighted by atomic mass is 16.5. The highest BCUT2D eigenvalue weighted by Gasteiger charge is 2.19. The van der Waals surface area contributed by atoms with Gasteiger partial charge in [0.05, 0.1) is 18.4 Å². The molecular weight excluding hydrogens is 358 g/mol. The fourth-order valence-corrected chi connectivity index (χ4v) is 3.06. The van der Waals surface area contributed by atoms with Crippen LogP contribution in [0.3, 0.4) is 0 Å². The number of hydrogen-bond donors (Lipinski definition) is 0. The van der Waals surface area contributed by atoms with Crippen molar-refractivity contribution in [2.45, 2.75) is 13.8 Å². The van der Waals surface area contributed by atoms with E-state index in [0.717, 1.165) is 22.2 Å². The summed E-state index contributed by atoms with van der Waals surface area (Å²) in [6, 6.07) is 11.0. The molecule has 142 valence electrons. The fraction of sp³-hybridized carbons (Fsp3) is 0.190. The third kappa shape index (κ3) is 3.11. The van der Waals surface area contributed by atoms with Gasteiger partial charge in [-0.1, -0.05) is 0 Å². The van der Waals surface area contributed by atoms with Gasteiger partial charge < -0.3 is 13.6 Å². The van der Waals surface area contributed by atoms with Crippen molar-refractivity contribution in [3.8, 4) is 11.3 Å². The summed E-state index contributed by atoms with van der Waals surface area (Å²) in [4.78, 5) is 22.8. The second-order valence-corrected chi connectivity index (χ2v) is 6.26. The summed E-state index contributed by atoms with van der Waals surface area (Å²) < 4.78 is 16.4. The van der Waals surface area contributed by atoms with Crippen LogP contribution in [-0.2, 0) is 4.74 Å². The molecule has 0 amide bonds. The molecule has 0 saturated heterocycles. The number of ether oxygens (including phenoxy) is 1. The Bertz CT molecular complexity index is 1150. The quantitative estimate of drug-likeness (QED) is 0.465. The van der Waals surface area contributed by atoms with Gasteiger partial charge in [0, 0.05) is 24.1 Å². The molecule has 28 heavy (non-hydrogen) atoms. The standard InChI is InChI=1S/C21H19N3O4/c1-4-26-21(25)15-9-10-27-19(15)14-6-7-17-16(11-14)20(23-12-22-17)24(3)18-8-5-13(2)28-18/h5-12H,4H2,1-3H3. The lowest BCUT2D eigenvalue weighted by Gasteiger charge is -2.17. The van der Waals surface area contributed by atoms with Gasteiger partial charge in [-0.25, -0.2) is 14.8 Å². The molecule has 0 aliphatic carbocycles. The van der Waals surface area contributed by atoms with Crippen molar-refractivity contribution in [1.82, 2.24) is 9.97 Å². The molecule has 0 radical (unpaired) electrons. The topological polar surface area (TPSA) is 81.6 Å². The van der Waals surface area contributed by atoms with Crippen LogP contribution >= 0.6 is 0 Å². The summed E-state index contributed by atoms with van der Waals surface area (Å²) in [5, 5.41) is 0.808. The number of hydrogen-bond acceptors (Lipinski definition) is 7.